The van der Waals surface area contributed by atoms with Gasteiger partial charge in [-0.15, -0.1) is 35.0 Å². The number of alkyl halides is 2. The summed E-state index contributed by atoms with van der Waals surface area (Å²) in [5.74, 6) is 0.617. The van der Waals surface area contributed by atoms with Gasteiger partial charge in [0.25, 0.3) is 5.91 Å². The molecule has 1 saturated carbocycles. The first-order valence-electron chi connectivity index (χ1n) is 7.69. The number of carbonyl (C=O) groups is 1. The summed E-state index contributed by atoms with van der Waals surface area (Å²) in [6.45, 7) is 1.76. The number of carbonyl (C=O) groups excluding carboxylic acids is 1. The molecule has 4 nitrogen and oxygen atoms in total. The van der Waals surface area contributed by atoms with E-state index in [1.807, 2.05) is 18.2 Å². The van der Waals surface area contributed by atoms with Gasteiger partial charge in [-0.2, -0.15) is 5.26 Å². The first kappa shape index (κ1) is 18.1. The molecule has 0 radical (unpaired) electrons. The van der Waals surface area contributed by atoms with Crippen molar-refractivity contribution in [2.24, 2.45) is 5.92 Å². The van der Waals surface area contributed by atoms with Gasteiger partial charge in [-0.3, -0.25) is 4.79 Å². The molecule has 0 unspecified atom stereocenters. The number of amides is 1. The number of nitriles is 1. The van der Waals surface area contributed by atoms with E-state index in [1.165, 1.54) is 11.8 Å². The number of nitrogens with one attached hydrogen (secondary N) is 1. The predicted molar refractivity (Wildman–Crippen MR) is 101 cm³/mol. The van der Waals surface area contributed by atoms with E-state index in [0.29, 0.717) is 33.3 Å². The highest BCUT2D eigenvalue weighted by atomic mass is 35.5. The molecule has 1 fully saturated rings. The molecule has 0 saturated heterocycles. The minimum Gasteiger partial charge on any atom is -0.322 e. The standard InChI is InChI=1S/C18H15Cl2N3OS/c1-11-15(16(24)23-14-5-3-2-4-6-14)7-12(9-21)17(22-11)25-10-13-8-18(13,19)20/h2-7,13H,8,10H2,1H3,(H,23,24)/t13-/m1/s1. The second-order valence-corrected chi connectivity index (χ2v) is 8.43. The first-order chi connectivity index (χ1) is 11.9. The van der Waals surface area contributed by atoms with Crippen LogP contribution in [0.15, 0.2) is 41.4 Å². The van der Waals surface area contributed by atoms with Gasteiger partial charge in [-0.1, -0.05) is 18.2 Å². The summed E-state index contributed by atoms with van der Waals surface area (Å²) in [7, 11) is 0. The van der Waals surface area contributed by atoms with E-state index in [1.54, 1.807) is 25.1 Å². The normalized spacial score (nSPS) is 17.6. The Labute approximate surface area is 160 Å². The van der Waals surface area contributed by atoms with Crippen molar-refractivity contribution in [3.63, 3.8) is 0 Å². The van der Waals surface area contributed by atoms with Gasteiger partial charge in [0.15, 0.2) is 0 Å². The van der Waals surface area contributed by atoms with Gasteiger partial charge in [0.05, 0.1) is 16.8 Å². The molecule has 7 heteroatoms. The summed E-state index contributed by atoms with van der Waals surface area (Å²) < 4.78 is -0.648. The second kappa shape index (κ2) is 7.25. The number of anilines is 1. The number of para-hydroxylation sites is 1. The Morgan fingerprint density at radius 1 is 1.44 bits per heavy atom. The van der Waals surface area contributed by atoms with Gasteiger partial charge in [-0.25, -0.2) is 4.98 Å². The fourth-order valence-corrected chi connectivity index (χ4v) is 4.29. The number of halogens is 2. The molecule has 1 N–H and O–H groups in total. The van der Waals surface area contributed by atoms with Gasteiger partial charge < -0.3 is 5.32 Å². The largest absolute Gasteiger partial charge is 0.322 e. The molecule has 1 aromatic carbocycles. The lowest BCUT2D eigenvalue weighted by atomic mass is 10.1. The van der Waals surface area contributed by atoms with Crippen LogP contribution in [0.4, 0.5) is 5.69 Å². The molecular weight excluding hydrogens is 377 g/mol. The molecule has 1 heterocycles. The fraction of sp³-hybridized carbons (Fsp3) is 0.278. The van der Waals surface area contributed by atoms with Crippen molar-refractivity contribution in [2.75, 3.05) is 11.1 Å². The Balaban J connectivity index is 1.77. The minimum atomic E-state index is -0.648. The SMILES string of the molecule is Cc1nc(SC[C@H]2CC2(Cl)Cl)c(C#N)cc1C(=O)Nc1ccccc1. The Hall–Kier alpha value is -1.74. The summed E-state index contributed by atoms with van der Waals surface area (Å²) in [6.07, 6.45) is 0.752. The van der Waals surface area contributed by atoms with Crippen molar-refractivity contribution in [3.05, 3.63) is 53.2 Å². The molecular formula is C18H15Cl2N3OS. The van der Waals surface area contributed by atoms with Crippen molar-refractivity contribution < 1.29 is 4.79 Å². The van der Waals surface area contributed by atoms with E-state index in [0.717, 1.165) is 6.42 Å². The van der Waals surface area contributed by atoms with Crippen LogP contribution >= 0.6 is 35.0 Å². The van der Waals surface area contributed by atoms with Crippen LogP contribution in [0.2, 0.25) is 0 Å². The number of rotatable bonds is 5. The lowest BCUT2D eigenvalue weighted by Gasteiger charge is -2.10. The summed E-state index contributed by atoms with van der Waals surface area (Å²) in [5, 5.41) is 12.8. The highest BCUT2D eigenvalue weighted by Gasteiger charge is 2.51. The molecule has 0 aliphatic heterocycles. The van der Waals surface area contributed by atoms with Crippen molar-refractivity contribution in [1.29, 1.82) is 5.26 Å². The molecule has 1 atom stereocenters. The third-order valence-electron chi connectivity index (χ3n) is 3.95. The zero-order valence-corrected chi connectivity index (χ0v) is 15.8. The number of hydrogen-bond acceptors (Lipinski definition) is 4. The van der Waals surface area contributed by atoms with Crippen LogP contribution in [-0.2, 0) is 0 Å². The van der Waals surface area contributed by atoms with Gasteiger partial charge >= 0.3 is 0 Å². The Morgan fingerprint density at radius 3 is 2.72 bits per heavy atom. The highest BCUT2D eigenvalue weighted by molar-refractivity contribution is 7.99. The van der Waals surface area contributed by atoms with E-state index < -0.39 is 4.33 Å². The molecule has 1 aliphatic carbocycles. The Morgan fingerprint density at radius 2 is 2.12 bits per heavy atom. The average Bonchev–Trinajstić information content (AvgIpc) is 3.20. The second-order valence-electron chi connectivity index (χ2n) is 5.88. The van der Waals surface area contributed by atoms with Crippen LogP contribution in [0, 0.1) is 24.2 Å². The van der Waals surface area contributed by atoms with Gasteiger partial charge in [0.2, 0.25) is 0 Å². The molecule has 1 aliphatic rings. The molecule has 128 valence electrons. The molecule has 3 rings (SSSR count). The van der Waals surface area contributed by atoms with Crippen LogP contribution in [0.3, 0.4) is 0 Å². The van der Waals surface area contributed by atoms with Crippen molar-refractivity contribution >= 4 is 46.6 Å². The Kier molecular flexibility index (Phi) is 5.24. The summed E-state index contributed by atoms with van der Waals surface area (Å²) >= 11 is 13.5. The van der Waals surface area contributed by atoms with Crippen LogP contribution in [0.1, 0.15) is 28.0 Å². The lowest BCUT2D eigenvalue weighted by molar-refractivity contribution is 0.102. The topological polar surface area (TPSA) is 65.8 Å². The third-order valence-corrected chi connectivity index (χ3v) is 6.03. The third kappa shape index (κ3) is 4.27. The maximum Gasteiger partial charge on any atom is 0.257 e. The molecule has 1 aromatic heterocycles. The fourth-order valence-electron chi connectivity index (χ4n) is 2.35. The maximum absolute atomic E-state index is 12.5. The Bertz CT molecular complexity index is 849. The van der Waals surface area contributed by atoms with Crippen LogP contribution < -0.4 is 5.32 Å². The average molecular weight is 392 g/mol. The number of hydrogen-bond donors (Lipinski definition) is 1. The van der Waals surface area contributed by atoms with Crippen LogP contribution in [0.25, 0.3) is 0 Å². The first-order valence-corrected chi connectivity index (χ1v) is 9.43. The van der Waals surface area contributed by atoms with Crippen molar-refractivity contribution in [3.8, 4) is 6.07 Å². The van der Waals surface area contributed by atoms with E-state index in [4.69, 9.17) is 23.2 Å². The number of aryl methyl sites for hydroxylation is 1. The lowest BCUT2D eigenvalue weighted by Crippen LogP contribution is -2.15. The van der Waals surface area contributed by atoms with Crippen molar-refractivity contribution in [2.45, 2.75) is 22.7 Å². The zero-order chi connectivity index (χ0) is 18.0. The van der Waals surface area contributed by atoms with Crippen LogP contribution in [-0.4, -0.2) is 21.0 Å². The monoisotopic (exact) mass is 391 g/mol. The quantitative estimate of drug-likeness (QED) is 0.586. The van der Waals surface area contributed by atoms with Gasteiger partial charge in [0.1, 0.15) is 15.4 Å². The maximum atomic E-state index is 12.5. The van der Waals surface area contributed by atoms with E-state index in [-0.39, 0.29) is 11.8 Å². The summed E-state index contributed by atoms with van der Waals surface area (Å²) in [4.78, 5) is 16.9. The number of benzene rings is 1. The number of thioether (sulfide) groups is 1. The van der Waals surface area contributed by atoms with Gasteiger partial charge in [0, 0.05) is 17.4 Å². The summed E-state index contributed by atoms with van der Waals surface area (Å²) in [6, 6.07) is 12.9. The number of aromatic nitrogens is 1. The number of pyridine rings is 1. The van der Waals surface area contributed by atoms with Crippen molar-refractivity contribution in [1.82, 2.24) is 4.98 Å². The minimum absolute atomic E-state index is 0.204. The molecule has 0 bridgehead atoms. The number of nitrogens with zero attached hydrogens (tertiary/aromatic N) is 2. The smallest absolute Gasteiger partial charge is 0.257 e. The zero-order valence-electron chi connectivity index (χ0n) is 13.4. The van der Waals surface area contributed by atoms with Crippen LogP contribution in [0.5, 0.6) is 0 Å². The molecule has 0 spiro atoms. The summed E-state index contributed by atoms with van der Waals surface area (Å²) in [5.41, 5.74) is 2.04. The van der Waals surface area contributed by atoms with E-state index in [2.05, 4.69) is 16.4 Å². The molecule has 1 amide bonds. The van der Waals surface area contributed by atoms with E-state index >= 15 is 0 Å². The van der Waals surface area contributed by atoms with E-state index in [9.17, 15) is 10.1 Å². The predicted octanol–water partition coefficient (Wildman–Crippen LogP) is 4.80. The van der Waals surface area contributed by atoms with Gasteiger partial charge in [-0.05, 0) is 31.5 Å². The molecule has 2 aromatic rings. The molecule has 25 heavy (non-hydrogen) atoms. The highest BCUT2D eigenvalue weighted by Crippen LogP contribution is 2.54.